The first kappa shape index (κ1) is 20.7. The maximum atomic E-state index is 12.4. The van der Waals surface area contributed by atoms with Gasteiger partial charge in [-0.3, -0.25) is 4.79 Å². The molecule has 0 saturated carbocycles. The molecule has 0 bridgehead atoms. The maximum absolute atomic E-state index is 12.4. The molecule has 0 spiro atoms. The molecular weight excluding hydrogens is 452 g/mol. The lowest BCUT2D eigenvalue weighted by atomic mass is 10.1. The first-order valence-electron chi connectivity index (χ1n) is 8.70. The van der Waals surface area contributed by atoms with Crippen LogP contribution in [0.4, 0.5) is 5.69 Å². The number of halogens is 2. The van der Waals surface area contributed by atoms with Gasteiger partial charge in [-0.2, -0.15) is 5.26 Å². The number of rotatable bonds is 6. The van der Waals surface area contributed by atoms with E-state index >= 15 is 0 Å². The predicted molar refractivity (Wildman–Crippen MR) is 119 cm³/mol. The molecule has 144 valence electrons. The summed E-state index contributed by atoms with van der Waals surface area (Å²) in [6.45, 7) is 0.446. The van der Waals surface area contributed by atoms with Gasteiger partial charge in [0.05, 0.1) is 4.47 Å². The molecule has 29 heavy (non-hydrogen) atoms. The predicted octanol–water partition coefficient (Wildman–Crippen LogP) is 6.23. The minimum Gasteiger partial charge on any atom is -0.488 e. The number of anilines is 1. The van der Waals surface area contributed by atoms with Gasteiger partial charge in [0, 0.05) is 10.7 Å². The Kier molecular flexibility index (Phi) is 7.07. The van der Waals surface area contributed by atoms with Crippen LogP contribution in [0, 0.1) is 11.3 Å². The van der Waals surface area contributed by atoms with Crippen molar-refractivity contribution in [1.29, 1.82) is 5.26 Å². The quantitative estimate of drug-likeness (QED) is 0.345. The van der Waals surface area contributed by atoms with Crippen LogP contribution >= 0.6 is 27.5 Å². The fourth-order valence-corrected chi connectivity index (χ4v) is 3.14. The molecule has 0 unspecified atom stereocenters. The van der Waals surface area contributed by atoms with Gasteiger partial charge in [0.15, 0.2) is 0 Å². The summed E-state index contributed by atoms with van der Waals surface area (Å²) < 4.78 is 6.56. The number of ether oxygens (including phenoxy) is 1. The molecule has 0 aromatic heterocycles. The van der Waals surface area contributed by atoms with E-state index in [0.29, 0.717) is 28.6 Å². The topological polar surface area (TPSA) is 62.1 Å². The van der Waals surface area contributed by atoms with Crippen LogP contribution in [0.3, 0.4) is 0 Å². The molecule has 0 heterocycles. The standard InChI is InChI=1S/C23H16BrClN2O2/c24-21-13-17(6-11-22(21)29-15-16-4-2-1-3-5-16)12-18(14-26)23(28)27-20-9-7-19(25)8-10-20/h1-13H,15H2,(H,27,28)/b18-12-. The van der Waals surface area contributed by atoms with E-state index in [-0.39, 0.29) is 5.57 Å². The molecule has 0 atom stereocenters. The van der Waals surface area contributed by atoms with Crippen LogP contribution in [-0.4, -0.2) is 5.91 Å². The van der Waals surface area contributed by atoms with Gasteiger partial charge in [0.2, 0.25) is 0 Å². The van der Waals surface area contributed by atoms with E-state index in [1.807, 2.05) is 36.4 Å². The number of carbonyl (C=O) groups is 1. The highest BCUT2D eigenvalue weighted by molar-refractivity contribution is 9.10. The first-order chi connectivity index (χ1) is 14.0. The van der Waals surface area contributed by atoms with Crippen LogP contribution in [0.1, 0.15) is 11.1 Å². The van der Waals surface area contributed by atoms with Crippen molar-refractivity contribution in [3.05, 3.63) is 99.0 Å². The van der Waals surface area contributed by atoms with E-state index in [1.54, 1.807) is 42.5 Å². The van der Waals surface area contributed by atoms with Crippen molar-refractivity contribution in [1.82, 2.24) is 0 Å². The molecule has 3 aromatic carbocycles. The van der Waals surface area contributed by atoms with Crippen LogP contribution in [-0.2, 0) is 11.4 Å². The highest BCUT2D eigenvalue weighted by atomic mass is 79.9. The summed E-state index contributed by atoms with van der Waals surface area (Å²) in [6, 6.07) is 23.8. The average Bonchev–Trinajstić information content (AvgIpc) is 2.73. The Morgan fingerprint density at radius 2 is 1.83 bits per heavy atom. The highest BCUT2D eigenvalue weighted by Crippen LogP contribution is 2.28. The molecule has 4 nitrogen and oxygen atoms in total. The van der Waals surface area contributed by atoms with Gasteiger partial charge in [-0.15, -0.1) is 0 Å². The van der Waals surface area contributed by atoms with E-state index in [9.17, 15) is 10.1 Å². The molecule has 0 aliphatic carbocycles. The van der Waals surface area contributed by atoms with Gasteiger partial charge in [0.1, 0.15) is 24.0 Å². The Morgan fingerprint density at radius 1 is 1.10 bits per heavy atom. The number of nitrogens with one attached hydrogen (secondary N) is 1. The number of nitriles is 1. The van der Waals surface area contributed by atoms with Crippen LogP contribution in [0.2, 0.25) is 5.02 Å². The fourth-order valence-electron chi connectivity index (χ4n) is 2.51. The maximum Gasteiger partial charge on any atom is 0.266 e. The van der Waals surface area contributed by atoms with Gasteiger partial charge < -0.3 is 10.1 Å². The van der Waals surface area contributed by atoms with Crippen molar-refractivity contribution in [2.45, 2.75) is 6.61 Å². The lowest BCUT2D eigenvalue weighted by Gasteiger charge is -2.09. The number of hydrogen-bond acceptors (Lipinski definition) is 3. The van der Waals surface area contributed by atoms with Crippen molar-refractivity contribution in [2.24, 2.45) is 0 Å². The van der Waals surface area contributed by atoms with Crippen molar-refractivity contribution >= 4 is 45.2 Å². The highest BCUT2D eigenvalue weighted by Gasteiger charge is 2.10. The SMILES string of the molecule is N#C/C(=C/c1ccc(OCc2ccccc2)c(Br)c1)C(=O)Nc1ccc(Cl)cc1. The third kappa shape index (κ3) is 5.95. The number of benzene rings is 3. The van der Waals surface area contributed by atoms with Gasteiger partial charge in [-0.05, 0) is 69.5 Å². The van der Waals surface area contributed by atoms with Crippen molar-refractivity contribution in [3.8, 4) is 11.8 Å². The third-order valence-electron chi connectivity index (χ3n) is 3.97. The minimum absolute atomic E-state index is 0.00944. The second-order valence-electron chi connectivity index (χ2n) is 6.09. The van der Waals surface area contributed by atoms with Crippen LogP contribution < -0.4 is 10.1 Å². The molecule has 1 amide bonds. The molecule has 0 fully saturated rings. The summed E-state index contributed by atoms with van der Waals surface area (Å²) in [5, 5.41) is 12.6. The van der Waals surface area contributed by atoms with Crippen molar-refractivity contribution < 1.29 is 9.53 Å². The van der Waals surface area contributed by atoms with Gasteiger partial charge >= 0.3 is 0 Å². The molecule has 0 saturated heterocycles. The lowest BCUT2D eigenvalue weighted by molar-refractivity contribution is -0.112. The van der Waals surface area contributed by atoms with Crippen LogP contribution in [0.25, 0.3) is 6.08 Å². The summed E-state index contributed by atoms with van der Waals surface area (Å²) >= 11 is 9.32. The van der Waals surface area contributed by atoms with E-state index < -0.39 is 5.91 Å². The Hall–Kier alpha value is -3.07. The Morgan fingerprint density at radius 3 is 2.48 bits per heavy atom. The summed E-state index contributed by atoms with van der Waals surface area (Å²) in [5.41, 5.74) is 2.32. The van der Waals surface area contributed by atoms with Crippen molar-refractivity contribution in [2.75, 3.05) is 5.32 Å². The summed E-state index contributed by atoms with van der Waals surface area (Å²) in [6.07, 6.45) is 1.52. The van der Waals surface area contributed by atoms with Crippen LogP contribution in [0.5, 0.6) is 5.75 Å². The van der Waals surface area contributed by atoms with E-state index in [4.69, 9.17) is 16.3 Å². The van der Waals surface area contributed by atoms with Crippen molar-refractivity contribution in [3.63, 3.8) is 0 Å². The summed E-state index contributed by atoms with van der Waals surface area (Å²) in [5.74, 6) is 0.186. The zero-order valence-electron chi connectivity index (χ0n) is 15.2. The first-order valence-corrected chi connectivity index (χ1v) is 9.87. The van der Waals surface area contributed by atoms with E-state index in [1.165, 1.54) is 6.08 Å². The number of amides is 1. The average molecular weight is 468 g/mol. The van der Waals surface area contributed by atoms with Crippen LogP contribution in [0.15, 0.2) is 82.8 Å². The Labute approximate surface area is 182 Å². The van der Waals surface area contributed by atoms with Gasteiger partial charge in [0.25, 0.3) is 5.91 Å². The third-order valence-corrected chi connectivity index (χ3v) is 4.84. The minimum atomic E-state index is -0.490. The molecule has 0 aliphatic rings. The zero-order chi connectivity index (χ0) is 20.6. The Bertz CT molecular complexity index is 1070. The summed E-state index contributed by atoms with van der Waals surface area (Å²) in [4.78, 5) is 12.4. The fraction of sp³-hybridized carbons (Fsp3) is 0.0435. The summed E-state index contributed by atoms with van der Waals surface area (Å²) in [7, 11) is 0. The molecule has 0 aliphatic heterocycles. The van der Waals surface area contributed by atoms with E-state index in [0.717, 1.165) is 10.0 Å². The monoisotopic (exact) mass is 466 g/mol. The zero-order valence-corrected chi connectivity index (χ0v) is 17.6. The molecule has 1 N–H and O–H groups in total. The second-order valence-corrected chi connectivity index (χ2v) is 7.39. The van der Waals surface area contributed by atoms with Gasteiger partial charge in [-0.1, -0.05) is 48.0 Å². The molecular formula is C23H16BrClN2O2. The molecule has 0 radical (unpaired) electrons. The second kappa shape index (κ2) is 9.92. The molecule has 3 rings (SSSR count). The molecule has 3 aromatic rings. The number of hydrogen-bond donors (Lipinski definition) is 1. The lowest BCUT2D eigenvalue weighted by Crippen LogP contribution is -2.13. The normalized spacial score (nSPS) is 10.9. The number of carbonyl (C=O) groups excluding carboxylic acids is 1. The van der Waals surface area contributed by atoms with Gasteiger partial charge in [-0.25, -0.2) is 0 Å². The molecule has 6 heteroatoms. The largest absolute Gasteiger partial charge is 0.488 e. The number of nitrogens with zero attached hydrogens (tertiary/aromatic N) is 1. The Balaban J connectivity index is 1.70. The van der Waals surface area contributed by atoms with E-state index in [2.05, 4.69) is 21.2 Å². The smallest absolute Gasteiger partial charge is 0.266 e.